The van der Waals surface area contributed by atoms with Crippen LogP contribution in [0.25, 0.3) is 0 Å². The molecule has 1 aliphatic heterocycles. The quantitative estimate of drug-likeness (QED) is 0.834. The molecule has 0 saturated heterocycles. The molecule has 0 radical (unpaired) electrons. The summed E-state index contributed by atoms with van der Waals surface area (Å²) >= 11 is 0. The first-order valence-corrected chi connectivity index (χ1v) is 5.34. The summed E-state index contributed by atoms with van der Waals surface area (Å²) in [6, 6.07) is 5.03. The Bertz CT molecular complexity index is 393. The van der Waals surface area contributed by atoms with Crippen molar-refractivity contribution in [3.8, 4) is 0 Å². The van der Waals surface area contributed by atoms with Gasteiger partial charge in [-0.2, -0.15) is 8.78 Å². The van der Waals surface area contributed by atoms with Gasteiger partial charge in [0, 0.05) is 18.7 Å². The summed E-state index contributed by atoms with van der Waals surface area (Å²) in [5, 5.41) is 8.80. The van der Waals surface area contributed by atoms with E-state index in [1.54, 1.807) is 17.0 Å². The summed E-state index contributed by atoms with van der Waals surface area (Å²) in [6.45, 7) is 2.29. The van der Waals surface area contributed by atoms with Crippen molar-refractivity contribution in [3.63, 3.8) is 0 Å². The van der Waals surface area contributed by atoms with Crippen molar-refractivity contribution in [3.05, 3.63) is 34.9 Å². The van der Waals surface area contributed by atoms with Gasteiger partial charge in [-0.05, 0) is 12.5 Å². The fourth-order valence-electron chi connectivity index (χ4n) is 2.17. The number of halogens is 2. The number of benzene rings is 1. The third-order valence-electron chi connectivity index (χ3n) is 2.89. The largest absolute Gasteiger partial charge is 0.395 e. The number of β-amino-alcohol motifs (C(OH)–C–C–N with tert-alkyl or cyclic N) is 1. The molecular formula is C12H15F2NO. The molecule has 0 aromatic heterocycles. The van der Waals surface area contributed by atoms with Crippen LogP contribution in [0, 0.1) is 6.92 Å². The topological polar surface area (TPSA) is 23.5 Å². The standard InChI is InChI=1S/C12H15F2NO/c1-9-2-3-11-10(6-9)7-15(4-5-16)8-12(11,13)14/h2-3,6,16H,4-5,7-8H2,1H3. The molecule has 1 heterocycles. The van der Waals surface area contributed by atoms with Crippen LogP contribution in [0.15, 0.2) is 18.2 Å². The summed E-state index contributed by atoms with van der Waals surface area (Å²) in [5.41, 5.74) is 1.79. The number of nitrogens with zero attached hydrogens (tertiary/aromatic N) is 1. The van der Waals surface area contributed by atoms with Gasteiger partial charge in [0.05, 0.1) is 13.2 Å². The summed E-state index contributed by atoms with van der Waals surface area (Å²) in [4.78, 5) is 1.59. The lowest BCUT2D eigenvalue weighted by Gasteiger charge is -2.34. The molecule has 16 heavy (non-hydrogen) atoms. The van der Waals surface area contributed by atoms with Crippen LogP contribution in [0.1, 0.15) is 16.7 Å². The molecule has 1 aromatic rings. The van der Waals surface area contributed by atoms with Crippen LogP contribution in [0.3, 0.4) is 0 Å². The molecule has 0 spiro atoms. The molecule has 0 saturated carbocycles. The first-order valence-electron chi connectivity index (χ1n) is 5.34. The van der Waals surface area contributed by atoms with Crippen LogP contribution >= 0.6 is 0 Å². The average Bonchev–Trinajstić information content (AvgIpc) is 2.15. The second-order valence-corrected chi connectivity index (χ2v) is 4.30. The highest BCUT2D eigenvalue weighted by Gasteiger charge is 2.39. The number of alkyl halides is 2. The Morgan fingerprint density at radius 2 is 2.19 bits per heavy atom. The van der Waals surface area contributed by atoms with Gasteiger partial charge in [-0.25, -0.2) is 0 Å². The highest BCUT2D eigenvalue weighted by molar-refractivity contribution is 5.36. The number of aliphatic hydroxyl groups is 1. The maximum absolute atomic E-state index is 13.8. The van der Waals surface area contributed by atoms with Crippen molar-refractivity contribution in [2.75, 3.05) is 19.7 Å². The van der Waals surface area contributed by atoms with Gasteiger partial charge < -0.3 is 5.11 Å². The van der Waals surface area contributed by atoms with E-state index in [0.29, 0.717) is 18.7 Å². The lowest BCUT2D eigenvalue weighted by molar-refractivity contribution is -0.0548. The molecule has 0 amide bonds. The third-order valence-corrected chi connectivity index (χ3v) is 2.89. The van der Waals surface area contributed by atoms with E-state index in [1.165, 1.54) is 6.07 Å². The highest BCUT2D eigenvalue weighted by atomic mass is 19.3. The van der Waals surface area contributed by atoms with E-state index in [1.807, 2.05) is 6.92 Å². The molecule has 0 atom stereocenters. The van der Waals surface area contributed by atoms with E-state index < -0.39 is 5.92 Å². The van der Waals surface area contributed by atoms with Crippen LogP contribution in [-0.4, -0.2) is 29.7 Å². The molecule has 0 fully saturated rings. The van der Waals surface area contributed by atoms with Crippen molar-refractivity contribution < 1.29 is 13.9 Å². The van der Waals surface area contributed by atoms with Crippen molar-refractivity contribution in [2.24, 2.45) is 0 Å². The van der Waals surface area contributed by atoms with Crippen LogP contribution < -0.4 is 0 Å². The van der Waals surface area contributed by atoms with Crippen molar-refractivity contribution in [2.45, 2.75) is 19.4 Å². The average molecular weight is 227 g/mol. The molecule has 1 aliphatic rings. The summed E-state index contributed by atoms with van der Waals surface area (Å²) in [5.74, 6) is -2.81. The van der Waals surface area contributed by atoms with Crippen molar-refractivity contribution >= 4 is 0 Å². The zero-order valence-electron chi connectivity index (χ0n) is 9.21. The third kappa shape index (κ3) is 2.08. The summed E-state index contributed by atoms with van der Waals surface area (Å²) < 4.78 is 27.6. The van der Waals surface area contributed by atoms with Gasteiger partial charge in [-0.15, -0.1) is 0 Å². The Morgan fingerprint density at radius 3 is 2.88 bits per heavy atom. The van der Waals surface area contributed by atoms with Gasteiger partial charge in [-0.1, -0.05) is 23.8 Å². The van der Waals surface area contributed by atoms with Crippen molar-refractivity contribution in [1.29, 1.82) is 0 Å². The van der Waals surface area contributed by atoms with E-state index in [4.69, 9.17) is 5.11 Å². The minimum Gasteiger partial charge on any atom is -0.395 e. The van der Waals surface area contributed by atoms with Gasteiger partial charge in [0.25, 0.3) is 5.92 Å². The molecule has 0 bridgehead atoms. The predicted octanol–water partition coefficient (Wildman–Crippen LogP) is 1.89. The van der Waals surface area contributed by atoms with Gasteiger partial charge >= 0.3 is 0 Å². The number of aliphatic hydroxyl groups excluding tert-OH is 1. The van der Waals surface area contributed by atoms with Gasteiger partial charge in [0.1, 0.15) is 0 Å². The van der Waals surface area contributed by atoms with Crippen LogP contribution in [0.5, 0.6) is 0 Å². The predicted molar refractivity (Wildman–Crippen MR) is 57.4 cm³/mol. The lowest BCUT2D eigenvalue weighted by atomic mass is 9.95. The SMILES string of the molecule is Cc1ccc2c(c1)CN(CCO)CC2(F)F. The summed E-state index contributed by atoms with van der Waals surface area (Å²) in [6.07, 6.45) is 0. The normalized spacial score (nSPS) is 19.5. The van der Waals surface area contributed by atoms with E-state index >= 15 is 0 Å². The second-order valence-electron chi connectivity index (χ2n) is 4.30. The highest BCUT2D eigenvalue weighted by Crippen LogP contribution is 2.36. The second kappa shape index (κ2) is 4.11. The Kier molecular flexibility index (Phi) is 2.95. The first-order chi connectivity index (χ1) is 7.53. The lowest BCUT2D eigenvalue weighted by Crippen LogP contribution is -2.41. The van der Waals surface area contributed by atoms with E-state index in [2.05, 4.69) is 0 Å². The molecule has 2 nitrogen and oxygen atoms in total. The van der Waals surface area contributed by atoms with Crippen LogP contribution in [0.4, 0.5) is 8.78 Å². The maximum Gasteiger partial charge on any atom is 0.285 e. The first kappa shape index (κ1) is 11.5. The van der Waals surface area contributed by atoms with Gasteiger partial charge in [-0.3, -0.25) is 4.90 Å². The zero-order valence-corrected chi connectivity index (χ0v) is 9.21. The number of aryl methyl sites for hydroxylation is 1. The Hall–Kier alpha value is -1.00. The van der Waals surface area contributed by atoms with Crippen LogP contribution in [-0.2, 0) is 12.5 Å². The number of fused-ring (bicyclic) bond motifs is 1. The number of hydrogen-bond acceptors (Lipinski definition) is 2. The molecule has 1 N–H and O–H groups in total. The number of hydrogen-bond donors (Lipinski definition) is 1. The Balaban J connectivity index is 2.35. The zero-order chi connectivity index (χ0) is 11.8. The molecule has 0 aliphatic carbocycles. The van der Waals surface area contributed by atoms with Gasteiger partial charge in [0.2, 0.25) is 0 Å². The van der Waals surface area contributed by atoms with Crippen molar-refractivity contribution in [1.82, 2.24) is 4.90 Å². The molecule has 1 aromatic carbocycles. The van der Waals surface area contributed by atoms with Gasteiger partial charge in [0.15, 0.2) is 0 Å². The summed E-state index contributed by atoms with van der Waals surface area (Å²) in [7, 11) is 0. The smallest absolute Gasteiger partial charge is 0.285 e. The van der Waals surface area contributed by atoms with E-state index in [9.17, 15) is 8.78 Å². The van der Waals surface area contributed by atoms with E-state index in [0.717, 1.165) is 5.56 Å². The minimum absolute atomic E-state index is 0.0861. The molecule has 88 valence electrons. The molecule has 0 unspecified atom stereocenters. The molecule has 2 rings (SSSR count). The number of rotatable bonds is 2. The fraction of sp³-hybridized carbons (Fsp3) is 0.500. The Labute approximate surface area is 93.5 Å². The van der Waals surface area contributed by atoms with Crippen LogP contribution in [0.2, 0.25) is 0 Å². The fourth-order valence-corrected chi connectivity index (χ4v) is 2.17. The van der Waals surface area contributed by atoms with E-state index in [-0.39, 0.29) is 18.7 Å². The minimum atomic E-state index is -2.81. The Morgan fingerprint density at radius 1 is 1.44 bits per heavy atom. The maximum atomic E-state index is 13.8. The molecule has 4 heteroatoms. The monoisotopic (exact) mass is 227 g/mol. The molecular weight excluding hydrogens is 212 g/mol.